The summed E-state index contributed by atoms with van der Waals surface area (Å²) in [6.07, 6.45) is -4.12. The topological polar surface area (TPSA) is 68.6 Å². The molecule has 43 heavy (non-hydrogen) atoms. The molecule has 0 saturated heterocycles. The summed E-state index contributed by atoms with van der Waals surface area (Å²) in [5, 5.41) is 3.66. The third-order valence-corrected chi connectivity index (χ3v) is 6.87. The summed E-state index contributed by atoms with van der Waals surface area (Å²) < 4.78 is 85.4. The van der Waals surface area contributed by atoms with E-state index >= 15 is 0 Å². The summed E-state index contributed by atoms with van der Waals surface area (Å²) in [6, 6.07) is 12.1. The highest BCUT2D eigenvalue weighted by Gasteiger charge is 2.33. The first-order valence-electron chi connectivity index (χ1n) is 12.9. The summed E-state index contributed by atoms with van der Waals surface area (Å²) in [4.78, 5) is 19.4. The van der Waals surface area contributed by atoms with Gasteiger partial charge in [0, 0.05) is 55.9 Å². The lowest BCUT2D eigenvalue weighted by molar-refractivity contribution is -0.275. The van der Waals surface area contributed by atoms with Crippen LogP contribution in [-0.2, 0) is 19.5 Å². The van der Waals surface area contributed by atoms with Crippen LogP contribution in [0.15, 0.2) is 66.9 Å². The van der Waals surface area contributed by atoms with E-state index in [1.54, 1.807) is 18.2 Å². The molecule has 226 valence electrons. The number of fused-ring (bicyclic) bond motifs is 3. The molecule has 3 heterocycles. The molecule has 0 fully saturated rings. The number of amides is 1. The van der Waals surface area contributed by atoms with Crippen molar-refractivity contribution in [2.45, 2.75) is 32.2 Å². The molecule has 14 heteroatoms. The maximum atomic E-state index is 13.4. The van der Waals surface area contributed by atoms with Crippen LogP contribution in [0.25, 0.3) is 17.0 Å². The van der Waals surface area contributed by atoms with Gasteiger partial charge in [-0.1, -0.05) is 35.9 Å². The zero-order valence-corrected chi connectivity index (χ0v) is 22.9. The second-order valence-corrected chi connectivity index (χ2v) is 10.0. The lowest BCUT2D eigenvalue weighted by Gasteiger charge is -2.27. The molecule has 1 amide bonds. The molecule has 4 aromatic rings. The zero-order valence-electron chi connectivity index (χ0n) is 22.2. The van der Waals surface area contributed by atoms with E-state index in [1.165, 1.54) is 53.2 Å². The molecule has 0 aliphatic carbocycles. The predicted molar refractivity (Wildman–Crippen MR) is 147 cm³/mol. The smallest absolute Gasteiger partial charge is 0.406 e. The van der Waals surface area contributed by atoms with Gasteiger partial charge in [-0.05, 0) is 53.1 Å². The first-order valence-corrected chi connectivity index (χ1v) is 13.3. The Morgan fingerprint density at radius 3 is 2.37 bits per heavy atom. The number of aromatic nitrogens is 2. The van der Waals surface area contributed by atoms with Crippen LogP contribution >= 0.6 is 11.6 Å². The Hall–Kier alpha value is -4.23. The van der Waals surface area contributed by atoms with Crippen molar-refractivity contribution in [3.05, 3.63) is 94.4 Å². The van der Waals surface area contributed by atoms with Gasteiger partial charge in [0.2, 0.25) is 0 Å². The molecule has 1 aliphatic rings. The van der Waals surface area contributed by atoms with Crippen molar-refractivity contribution in [2.24, 2.45) is 0 Å². The fraction of sp³-hybridized carbons (Fsp3) is 0.241. The van der Waals surface area contributed by atoms with E-state index in [9.17, 15) is 31.1 Å². The normalized spacial score (nSPS) is 14.2. The van der Waals surface area contributed by atoms with Crippen molar-refractivity contribution >= 4 is 34.6 Å². The van der Waals surface area contributed by atoms with Gasteiger partial charge < -0.3 is 14.8 Å². The number of pyridine rings is 1. The summed E-state index contributed by atoms with van der Waals surface area (Å²) in [5.41, 5.74) is 3.11. The van der Waals surface area contributed by atoms with E-state index in [0.717, 1.165) is 5.56 Å². The molecule has 1 aliphatic heterocycles. The number of halogens is 7. The average Bonchev–Trinajstić information content (AvgIpc) is 3.24. The Balaban J connectivity index is 1.36. The highest BCUT2D eigenvalue weighted by molar-refractivity contribution is 6.29. The molecule has 0 spiro atoms. The van der Waals surface area contributed by atoms with Crippen molar-refractivity contribution in [1.82, 2.24) is 19.8 Å². The number of hydrogen-bond acceptors (Lipinski definition) is 5. The number of ether oxygens (including phenoxy) is 2. The number of alkyl halides is 6. The third kappa shape index (κ3) is 7.79. The van der Waals surface area contributed by atoms with Crippen molar-refractivity contribution in [3.63, 3.8) is 0 Å². The van der Waals surface area contributed by atoms with Gasteiger partial charge in [0.05, 0.1) is 5.52 Å². The highest BCUT2D eigenvalue weighted by Crippen LogP contribution is 2.34. The summed E-state index contributed by atoms with van der Waals surface area (Å²) in [6.45, 7) is 1.56. The van der Waals surface area contributed by atoms with E-state index in [1.807, 2.05) is 6.08 Å². The summed E-state index contributed by atoms with van der Waals surface area (Å²) >= 11 is 5.93. The van der Waals surface area contributed by atoms with E-state index in [0.29, 0.717) is 48.3 Å². The largest absolute Gasteiger partial charge is 0.573 e. The minimum atomic E-state index is -4.90. The molecule has 1 N–H and O–H groups in total. The molecule has 0 atom stereocenters. The maximum Gasteiger partial charge on any atom is 0.573 e. The van der Waals surface area contributed by atoms with E-state index in [4.69, 9.17) is 11.6 Å². The minimum Gasteiger partial charge on any atom is -0.406 e. The van der Waals surface area contributed by atoms with Gasteiger partial charge in [-0.15, -0.1) is 26.3 Å². The second-order valence-electron chi connectivity index (χ2n) is 9.64. The van der Waals surface area contributed by atoms with Gasteiger partial charge >= 0.3 is 18.8 Å². The molecule has 0 unspecified atom stereocenters. The monoisotopic (exact) mass is 624 g/mol. The third-order valence-electron chi connectivity index (χ3n) is 6.66. The minimum absolute atomic E-state index is 0.120. The average molecular weight is 625 g/mol. The van der Waals surface area contributed by atoms with Gasteiger partial charge in [0.15, 0.2) is 0 Å². The SMILES string of the molecule is O=C(NCc1ccnc(Cl)c1)n1c2c(c3ccc(OC(F)(F)F)cc31)CN(CC=Cc1ccc(OC(F)(F)F)cc1)CC2. The standard InChI is InChI=1S/C29H23ClF6N4O3/c30-26-14-19(9-11-37-26)16-38-27(41)40-24-10-13-39(12-1-2-18-3-5-20(6-4-18)42-28(31,32)33)17-23(24)22-8-7-21(15-25(22)40)43-29(34,35)36/h1-9,11,14-15H,10,12-13,16-17H2,(H,38,41). The maximum absolute atomic E-state index is 13.4. The molecule has 0 bridgehead atoms. The Labute approximate surface area is 246 Å². The number of rotatable bonds is 7. The van der Waals surface area contributed by atoms with Crippen LogP contribution in [0.1, 0.15) is 22.4 Å². The van der Waals surface area contributed by atoms with E-state index in [-0.39, 0.29) is 23.0 Å². The van der Waals surface area contributed by atoms with Gasteiger partial charge in [0.25, 0.3) is 0 Å². The summed E-state index contributed by atoms with van der Waals surface area (Å²) in [5.74, 6) is -0.766. The van der Waals surface area contributed by atoms with Crippen molar-refractivity contribution < 1.29 is 40.6 Å². The van der Waals surface area contributed by atoms with Gasteiger partial charge in [-0.25, -0.2) is 9.78 Å². The van der Waals surface area contributed by atoms with Crippen LogP contribution < -0.4 is 14.8 Å². The van der Waals surface area contributed by atoms with E-state index < -0.39 is 24.5 Å². The van der Waals surface area contributed by atoms with Crippen LogP contribution in [0.2, 0.25) is 5.15 Å². The Bertz CT molecular complexity index is 1650. The molecule has 2 aromatic carbocycles. The fourth-order valence-electron chi connectivity index (χ4n) is 4.91. The molecular formula is C29H23ClF6N4O3. The Morgan fingerprint density at radius 2 is 1.67 bits per heavy atom. The van der Waals surface area contributed by atoms with Gasteiger partial charge in [0.1, 0.15) is 16.7 Å². The zero-order chi connectivity index (χ0) is 30.8. The second kappa shape index (κ2) is 12.2. The first-order chi connectivity index (χ1) is 20.3. The molecule has 2 aromatic heterocycles. The Kier molecular flexibility index (Phi) is 8.56. The van der Waals surface area contributed by atoms with Gasteiger partial charge in [-0.2, -0.15) is 0 Å². The van der Waals surface area contributed by atoms with Crippen molar-refractivity contribution in [2.75, 3.05) is 13.1 Å². The van der Waals surface area contributed by atoms with Crippen LogP contribution in [0.4, 0.5) is 31.1 Å². The number of nitrogens with zero attached hydrogens (tertiary/aromatic N) is 3. The van der Waals surface area contributed by atoms with E-state index in [2.05, 4.69) is 24.7 Å². The Morgan fingerprint density at radius 1 is 0.977 bits per heavy atom. The molecule has 0 radical (unpaired) electrons. The van der Waals surface area contributed by atoms with Crippen LogP contribution in [0.5, 0.6) is 11.5 Å². The number of benzene rings is 2. The van der Waals surface area contributed by atoms with Crippen molar-refractivity contribution in [3.8, 4) is 11.5 Å². The molecule has 5 rings (SSSR count). The van der Waals surface area contributed by atoms with Crippen LogP contribution in [0.3, 0.4) is 0 Å². The molecule has 7 nitrogen and oxygen atoms in total. The first kappa shape index (κ1) is 30.2. The molecular weight excluding hydrogens is 602 g/mol. The van der Waals surface area contributed by atoms with Crippen molar-refractivity contribution in [1.29, 1.82) is 0 Å². The quantitative estimate of drug-likeness (QED) is 0.172. The number of carbonyl (C=O) groups is 1. The van der Waals surface area contributed by atoms with Crippen LogP contribution in [-0.4, -0.2) is 46.3 Å². The number of carbonyl (C=O) groups excluding carboxylic acids is 1. The number of nitrogens with one attached hydrogen (secondary N) is 1. The highest BCUT2D eigenvalue weighted by atomic mass is 35.5. The van der Waals surface area contributed by atoms with Gasteiger partial charge in [-0.3, -0.25) is 9.47 Å². The lowest BCUT2D eigenvalue weighted by atomic mass is 10.0. The summed E-state index contributed by atoms with van der Waals surface area (Å²) in [7, 11) is 0. The fourth-order valence-corrected chi connectivity index (χ4v) is 5.10. The molecule has 0 saturated carbocycles. The predicted octanol–water partition coefficient (Wildman–Crippen LogP) is 7.32. The lowest BCUT2D eigenvalue weighted by Crippen LogP contribution is -2.34. The number of hydrogen-bond donors (Lipinski definition) is 1. The van der Waals surface area contributed by atoms with Crippen LogP contribution in [0, 0.1) is 0 Å².